The fourth-order valence-corrected chi connectivity index (χ4v) is 4.75. The molecule has 0 aliphatic carbocycles. The van der Waals surface area contributed by atoms with E-state index in [4.69, 9.17) is 13.9 Å². The van der Waals surface area contributed by atoms with Crippen LogP contribution in [0.4, 0.5) is 0 Å². The van der Waals surface area contributed by atoms with Gasteiger partial charge in [-0.05, 0) is 62.6 Å². The summed E-state index contributed by atoms with van der Waals surface area (Å²) in [4.78, 5) is 29.0. The van der Waals surface area contributed by atoms with Gasteiger partial charge in [0.1, 0.15) is 17.9 Å². The van der Waals surface area contributed by atoms with Crippen LogP contribution in [0.1, 0.15) is 59.1 Å². The summed E-state index contributed by atoms with van der Waals surface area (Å²) in [6, 6.07) is 22.5. The summed E-state index contributed by atoms with van der Waals surface area (Å²) in [6.45, 7) is 7.33. The molecule has 3 aromatic carbocycles. The highest BCUT2D eigenvalue weighted by Crippen LogP contribution is 2.38. The van der Waals surface area contributed by atoms with Gasteiger partial charge in [-0.15, -0.1) is 0 Å². The van der Waals surface area contributed by atoms with Crippen LogP contribution in [-0.4, -0.2) is 30.1 Å². The van der Waals surface area contributed by atoms with Crippen molar-refractivity contribution in [3.63, 3.8) is 0 Å². The molecule has 6 nitrogen and oxygen atoms in total. The number of hydrogen-bond acceptors (Lipinski definition) is 5. The highest BCUT2D eigenvalue weighted by atomic mass is 16.5. The Morgan fingerprint density at radius 2 is 1.73 bits per heavy atom. The second kappa shape index (κ2) is 10.6. The normalized spacial score (nSPS) is 15.0. The van der Waals surface area contributed by atoms with Crippen molar-refractivity contribution in [3.05, 3.63) is 111 Å². The Kier molecular flexibility index (Phi) is 7.10. The lowest BCUT2D eigenvalue weighted by molar-refractivity contribution is 0.0593. The third kappa shape index (κ3) is 5.16. The molecular weight excluding hydrogens is 466 g/mol. The van der Waals surface area contributed by atoms with Gasteiger partial charge in [0.25, 0.3) is 5.91 Å². The molecule has 0 fully saturated rings. The number of hydrogen-bond donors (Lipinski definition) is 0. The van der Waals surface area contributed by atoms with Crippen LogP contribution in [0.2, 0.25) is 0 Å². The minimum atomic E-state index is -0.536. The summed E-state index contributed by atoms with van der Waals surface area (Å²) in [5, 5.41) is 0.490. The summed E-state index contributed by atoms with van der Waals surface area (Å²) in [7, 11) is 0. The highest BCUT2D eigenvalue weighted by Gasteiger charge is 2.42. The van der Waals surface area contributed by atoms with Crippen LogP contribution in [0.5, 0.6) is 5.75 Å². The average molecular weight is 498 g/mol. The number of rotatable bonds is 9. The monoisotopic (exact) mass is 497 g/mol. The summed E-state index contributed by atoms with van der Waals surface area (Å²) in [6.07, 6.45) is 0.766. The lowest BCUT2D eigenvalue weighted by Gasteiger charge is -2.25. The molecular formula is C31H31NO5. The number of carbonyl (C=O) groups is 1. The quantitative estimate of drug-likeness (QED) is 0.264. The Labute approximate surface area is 216 Å². The minimum Gasteiger partial charge on any atom is -0.489 e. The smallest absolute Gasteiger partial charge is 0.290 e. The largest absolute Gasteiger partial charge is 0.489 e. The SMILES string of the molecule is Cc1ccc2oc3c(c(=O)c2c1)C(c1ccc(OCc2ccccc2)cc1)N(CCCOC(C)C)C3=O. The maximum absolute atomic E-state index is 13.7. The Balaban J connectivity index is 1.48. The minimum absolute atomic E-state index is 0.113. The maximum Gasteiger partial charge on any atom is 0.290 e. The van der Waals surface area contributed by atoms with Gasteiger partial charge < -0.3 is 18.8 Å². The van der Waals surface area contributed by atoms with Crippen molar-refractivity contribution in [1.82, 2.24) is 4.90 Å². The first-order valence-corrected chi connectivity index (χ1v) is 12.7. The Morgan fingerprint density at radius 3 is 2.46 bits per heavy atom. The molecule has 1 amide bonds. The molecule has 0 bridgehead atoms. The number of ether oxygens (including phenoxy) is 2. The molecule has 1 atom stereocenters. The lowest BCUT2D eigenvalue weighted by Crippen LogP contribution is -2.31. The third-order valence-corrected chi connectivity index (χ3v) is 6.56. The van der Waals surface area contributed by atoms with Crippen LogP contribution in [0, 0.1) is 6.92 Å². The van der Waals surface area contributed by atoms with Gasteiger partial charge in [0, 0.05) is 13.2 Å². The molecule has 0 saturated carbocycles. The average Bonchev–Trinajstić information content (AvgIpc) is 3.18. The van der Waals surface area contributed by atoms with E-state index in [2.05, 4.69) is 0 Å². The predicted molar refractivity (Wildman–Crippen MR) is 143 cm³/mol. The van der Waals surface area contributed by atoms with Crippen molar-refractivity contribution in [2.75, 3.05) is 13.2 Å². The molecule has 5 rings (SSSR count). The van der Waals surface area contributed by atoms with Crippen molar-refractivity contribution in [2.24, 2.45) is 0 Å². The van der Waals surface area contributed by atoms with Crippen molar-refractivity contribution in [2.45, 2.75) is 45.9 Å². The van der Waals surface area contributed by atoms with E-state index in [9.17, 15) is 9.59 Å². The van der Waals surface area contributed by atoms with Crippen molar-refractivity contribution < 1.29 is 18.7 Å². The molecule has 0 radical (unpaired) electrons. The topological polar surface area (TPSA) is 69.0 Å². The van der Waals surface area contributed by atoms with Crippen molar-refractivity contribution >= 4 is 16.9 Å². The number of aryl methyl sites for hydroxylation is 1. The Hall–Kier alpha value is -3.90. The number of carbonyl (C=O) groups excluding carboxylic acids is 1. The van der Waals surface area contributed by atoms with Crippen LogP contribution in [0.25, 0.3) is 11.0 Å². The fourth-order valence-electron chi connectivity index (χ4n) is 4.75. The van der Waals surface area contributed by atoms with Crippen LogP contribution in [0.15, 0.2) is 82.0 Å². The van der Waals surface area contributed by atoms with Gasteiger partial charge in [-0.2, -0.15) is 0 Å². The molecule has 190 valence electrons. The summed E-state index contributed by atoms with van der Waals surface area (Å²) in [5.41, 5.74) is 3.54. The van der Waals surface area contributed by atoms with Crippen LogP contribution in [-0.2, 0) is 11.3 Å². The predicted octanol–water partition coefficient (Wildman–Crippen LogP) is 6.04. The molecule has 0 saturated heterocycles. The van der Waals surface area contributed by atoms with E-state index in [0.717, 1.165) is 22.4 Å². The first-order chi connectivity index (χ1) is 17.9. The lowest BCUT2D eigenvalue weighted by atomic mass is 9.98. The van der Waals surface area contributed by atoms with Crippen LogP contribution in [0.3, 0.4) is 0 Å². The molecule has 1 unspecified atom stereocenters. The van der Waals surface area contributed by atoms with Gasteiger partial charge in [0.2, 0.25) is 5.76 Å². The van der Waals surface area contributed by atoms with E-state index in [0.29, 0.717) is 42.7 Å². The molecule has 6 heteroatoms. The van der Waals surface area contributed by atoms with Crippen LogP contribution < -0.4 is 10.2 Å². The molecule has 0 spiro atoms. The zero-order chi connectivity index (χ0) is 25.9. The Morgan fingerprint density at radius 1 is 0.973 bits per heavy atom. The molecule has 1 aliphatic heterocycles. The van der Waals surface area contributed by atoms with Crippen LogP contribution >= 0.6 is 0 Å². The third-order valence-electron chi connectivity index (χ3n) is 6.56. The van der Waals surface area contributed by atoms with E-state index in [1.165, 1.54) is 0 Å². The van der Waals surface area contributed by atoms with E-state index >= 15 is 0 Å². The standard InChI is InChI=1S/C31H31NO5/c1-20(2)35-17-7-16-32-28(23-11-13-24(14-12-23)36-19-22-8-5-4-6-9-22)27-29(33)25-18-21(3)10-15-26(25)37-30(27)31(32)34/h4-6,8-15,18,20,28H,7,16-17,19H2,1-3H3. The number of benzene rings is 3. The zero-order valence-electron chi connectivity index (χ0n) is 21.4. The van der Waals surface area contributed by atoms with Gasteiger partial charge in [-0.25, -0.2) is 0 Å². The van der Waals surface area contributed by atoms with E-state index in [1.54, 1.807) is 11.0 Å². The number of fused-ring (bicyclic) bond motifs is 2. The second-order valence-electron chi connectivity index (χ2n) is 9.69. The molecule has 0 N–H and O–H groups in total. The summed E-state index contributed by atoms with van der Waals surface area (Å²) >= 11 is 0. The van der Waals surface area contributed by atoms with Crippen molar-refractivity contribution in [1.29, 1.82) is 0 Å². The zero-order valence-corrected chi connectivity index (χ0v) is 21.4. The van der Waals surface area contributed by atoms with Gasteiger partial charge >= 0.3 is 0 Å². The summed E-state index contributed by atoms with van der Waals surface area (Å²) in [5.74, 6) is 0.573. The van der Waals surface area contributed by atoms with Gasteiger partial charge in [0.15, 0.2) is 5.43 Å². The number of amides is 1. The fraction of sp³-hybridized carbons (Fsp3) is 0.290. The molecule has 37 heavy (non-hydrogen) atoms. The second-order valence-corrected chi connectivity index (χ2v) is 9.69. The maximum atomic E-state index is 13.7. The Bertz CT molecular complexity index is 1460. The molecule has 2 heterocycles. The first kappa shape index (κ1) is 24.8. The highest BCUT2D eigenvalue weighted by molar-refractivity contribution is 5.99. The van der Waals surface area contributed by atoms with E-state index in [1.807, 2.05) is 87.5 Å². The van der Waals surface area contributed by atoms with Gasteiger partial charge in [0.05, 0.1) is 23.1 Å². The van der Waals surface area contributed by atoms with E-state index < -0.39 is 6.04 Å². The van der Waals surface area contributed by atoms with Gasteiger partial charge in [-0.3, -0.25) is 9.59 Å². The number of nitrogens with zero attached hydrogens (tertiary/aromatic N) is 1. The van der Waals surface area contributed by atoms with Gasteiger partial charge in [-0.1, -0.05) is 54.1 Å². The molecule has 4 aromatic rings. The molecule has 1 aromatic heterocycles. The first-order valence-electron chi connectivity index (χ1n) is 12.7. The van der Waals surface area contributed by atoms with E-state index in [-0.39, 0.29) is 23.2 Å². The summed E-state index contributed by atoms with van der Waals surface area (Å²) < 4.78 is 17.7. The van der Waals surface area contributed by atoms with Crippen molar-refractivity contribution in [3.8, 4) is 5.75 Å². The molecule has 1 aliphatic rings.